The normalized spacial score (nSPS) is 25.2. The molecule has 130 valence electrons. The zero-order chi connectivity index (χ0) is 17.4. The lowest BCUT2D eigenvalue weighted by atomic mass is 9.97. The van der Waals surface area contributed by atoms with E-state index in [-0.39, 0.29) is 0 Å². The molecule has 24 heavy (non-hydrogen) atoms. The number of piperidine rings is 1. The van der Waals surface area contributed by atoms with Crippen LogP contribution in [0.1, 0.15) is 12.8 Å². The Morgan fingerprint density at radius 3 is 2.83 bits per heavy atom. The second kappa shape index (κ2) is 9.13. The zero-order valence-electron chi connectivity index (χ0n) is 14.7. The Bertz CT molecular complexity index is 578. The van der Waals surface area contributed by atoms with Gasteiger partial charge in [0.05, 0.1) is 12.8 Å². The number of hydrazone groups is 1. The molecule has 2 N–H and O–H groups in total. The van der Waals surface area contributed by atoms with Crippen LogP contribution in [-0.4, -0.2) is 44.9 Å². The van der Waals surface area contributed by atoms with Gasteiger partial charge in [-0.2, -0.15) is 5.10 Å². The first-order valence-corrected chi connectivity index (χ1v) is 8.35. The van der Waals surface area contributed by atoms with Gasteiger partial charge in [-0.05, 0) is 37.4 Å². The lowest BCUT2D eigenvalue weighted by Gasteiger charge is -2.24. The number of rotatable bonds is 6. The molecule has 0 bridgehead atoms. The average Bonchev–Trinajstić information content (AvgIpc) is 2.57. The summed E-state index contributed by atoms with van der Waals surface area (Å²) in [7, 11) is 3.96. The van der Waals surface area contributed by atoms with E-state index in [1.165, 1.54) is 0 Å². The molecular weight excluding hydrogens is 300 g/mol. The Labute approximate surface area is 145 Å². The van der Waals surface area contributed by atoms with E-state index in [0.29, 0.717) is 12.5 Å². The van der Waals surface area contributed by atoms with Crippen molar-refractivity contribution < 1.29 is 4.74 Å². The lowest BCUT2D eigenvalue weighted by molar-refractivity contribution is 0.152. The van der Waals surface area contributed by atoms with Crippen molar-refractivity contribution in [1.82, 2.24) is 15.6 Å². The highest BCUT2D eigenvalue weighted by atomic mass is 16.5. The summed E-state index contributed by atoms with van der Waals surface area (Å²) in [5, 5.41) is 7.50. The number of nitrogens with one attached hydrogen (secondary N) is 2. The van der Waals surface area contributed by atoms with E-state index in [4.69, 9.17) is 4.74 Å². The fraction of sp³-hybridized carbons (Fsp3) is 0.421. The molecule has 1 fully saturated rings. The first-order valence-electron chi connectivity index (χ1n) is 8.35. The molecule has 2 rings (SSSR count). The summed E-state index contributed by atoms with van der Waals surface area (Å²) in [4.78, 5) is 1.98. The van der Waals surface area contributed by atoms with Crippen molar-refractivity contribution in [3.63, 3.8) is 0 Å². The Morgan fingerprint density at radius 1 is 1.42 bits per heavy atom. The number of nitrogens with zero attached hydrogens (tertiary/aromatic N) is 2. The molecule has 0 aromatic rings. The third-order valence-corrected chi connectivity index (χ3v) is 4.07. The molecule has 2 aliphatic rings. The van der Waals surface area contributed by atoms with Crippen LogP contribution < -0.4 is 10.7 Å². The van der Waals surface area contributed by atoms with E-state index in [1.807, 2.05) is 43.5 Å². The molecule has 0 aromatic heterocycles. The second-order valence-electron chi connectivity index (χ2n) is 6.23. The van der Waals surface area contributed by atoms with Crippen LogP contribution in [0.3, 0.4) is 0 Å². The molecule has 5 nitrogen and oxygen atoms in total. The fourth-order valence-corrected chi connectivity index (χ4v) is 2.73. The third-order valence-electron chi connectivity index (χ3n) is 4.07. The Kier molecular flexibility index (Phi) is 6.88. The molecule has 0 aliphatic carbocycles. The summed E-state index contributed by atoms with van der Waals surface area (Å²) in [6, 6.07) is 0. The maximum atomic E-state index is 6.10. The molecule has 0 atom stereocenters. The van der Waals surface area contributed by atoms with Gasteiger partial charge in [0.2, 0.25) is 0 Å². The van der Waals surface area contributed by atoms with Crippen molar-refractivity contribution in [3.05, 3.63) is 60.2 Å². The van der Waals surface area contributed by atoms with Crippen molar-refractivity contribution in [1.29, 1.82) is 0 Å². The summed E-state index contributed by atoms with van der Waals surface area (Å²) in [6.07, 6.45) is 11.5. The Morgan fingerprint density at radius 2 is 2.17 bits per heavy atom. The van der Waals surface area contributed by atoms with E-state index in [9.17, 15) is 0 Å². The predicted octanol–water partition coefficient (Wildman–Crippen LogP) is 2.55. The molecule has 0 saturated carbocycles. The predicted molar refractivity (Wildman–Crippen MR) is 100 cm³/mol. The van der Waals surface area contributed by atoms with Crippen molar-refractivity contribution in [2.24, 2.45) is 11.0 Å². The van der Waals surface area contributed by atoms with Crippen LogP contribution in [0.25, 0.3) is 0 Å². The SMILES string of the molecule is C=CC(=C\N(C)C)/C1=C/N/N=C\C=C(\OCC2CCNCC2)C1=C. The van der Waals surface area contributed by atoms with Gasteiger partial charge < -0.3 is 15.0 Å². The van der Waals surface area contributed by atoms with Gasteiger partial charge in [0.25, 0.3) is 0 Å². The number of ether oxygens (including phenoxy) is 1. The molecule has 0 aromatic carbocycles. The summed E-state index contributed by atoms with van der Waals surface area (Å²) >= 11 is 0. The van der Waals surface area contributed by atoms with Crippen LogP contribution in [0.5, 0.6) is 0 Å². The first kappa shape index (κ1) is 18.1. The molecule has 0 amide bonds. The minimum absolute atomic E-state index is 0.587. The van der Waals surface area contributed by atoms with Gasteiger partial charge in [-0.3, -0.25) is 5.43 Å². The Balaban J connectivity index is 2.14. The van der Waals surface area contributed by atoms with Gasteiger partial charge >= 0.3 is 0 Å². The summed E-state index contributed by atoms with van der Waals surface area (Å²) in [5.74, 6) is 1.35. The molecule has 0 unspecified atom stereocenters. The van der Waals surface area contributed by atoms with E-state index in [1.54, 1.807) is 6.21 Å². The topological polar surface area (TPSA) is 48.9 Å². The van der Waals surface area contributed by atoms with E-state index < -0.39 is 0 Å². The van der Waals surface area contributed by atoms with E-state index in [2.05, 4.69) is 29.0 Å². The third kappa shape index (κ3) is 5.13. The van der Waals surface area contributed by atoms with Crippen molar-refractivity contribution in [2.75, 3.05) is 33.8 Å². The molecular formula is C19H28N4O. The summed E-state index contributed by atoms with van der Waals surface area (Å²) < 4.78 is 6.10. The van der Waals surface area contributed by atoms with Crippen molar-refractivity contribution in [2.45, 2.75) is 12.8 Å². The maximum Gasteiger partial charge on any atom is 0.128 e. The van der Waals surface area contributed by atoms with Crippen LogP contribution in [0, 0.1) is 5.92 Å². The van der Waals surface area contributed by atoms with Crippen LogP contribution in [0.4, 0.5) is 0 Å². The molecule has 2 aliphatic heterocycles. The number of hydrogen-bond acceptors (Lipinski definition) is 5. The maximum absolute atomic E-state index is 6.10. The Hall–Kier alpha value is -2.27. The standard InChI is InChI=1S/C19H28N4O/c1-5-17(13-23(3)4)18-12-22-21-11-8-19(15(18)2)24-14-16-6-9-20-10-7-16/h5,8,11-13,16,20,22H,1-2,6-7,9-10,14H2,3-4H3/b17-13+,18-12+,19-8+,21-11-. The zero-order valence-corrected chi connectivity index (χ0v) is 14.7. The minimum atomic E-state index is 0.587. The number of allylic oxidation sites excluding steroid dienone is 4. The highest BCUT2D eigenvalue weighted by Crippen LogP contribution is 2.27. The highest BCUT2D eigenvalue weighted by molar-refractivity contribution is 5.75. The van der Waals surface area contributed by atoms with Gasteiger partial charge in [-0.1, -0.05) is 19.2 Å². The molecule has 1 saturated heterocycles. The lowest BCUT2D eigenvalue weighted by Crippen LogP contribution is -2.30. The molecule has 5 heteroatoms. The van der Waals surface area contributed by atoms with Crippen LogP contribution in [0.2, 0.25) is 0 Å². The smallest absolute Gasteiger partial charge is 0.128 e. The summed E-state index contributed by atoms with van der Waals surface area (Å²) in [6.45, 7) is 11.0. The molecule has 2 heterocycles. The van der Waals surface area contributed by atoms with Gasteiger partial charge in [-0.15, -0.1) is 0 Å². The minimum Gasteiger partial charge on any atom is -0.493 e. The number of hydrogen-bond donors (Lipinski definition) is 2. The highest BCUT2D eigenvalue weighted by Gasteiger charge is 2.18. The van der Waals surface area contributed by atoms with Crippen LogP contribution in [-0.2, 0) is 4.74 Å². The quantitative estimate of drug-likeness (QED) is 0.736. The van der Waals surface area contributed by atoms with E-state index in [0.717, 1.165) is 48.4 Å². The van der Waals surface area contributed by atoms with Gasteiger partial charge in [0, 0.05) is 43.7 Å². The monoisotopic (exact) mass is 328 g/mol. The van der Waals surface area contributed by atoms with E-state index >= 15 is 0 Å². The van der Waals surface area contributed by atoms with Crippen LogP contribution in [0.15, 0.2) is 65.3 Å². The van der Waals surface area contributed by atoms with Crippen LogP contribution >= 0.6 is 0 Å². The molecule has 0 radical (unpaired) electrons. The average molecular weight is 328 g/mol. The molecule has 0 spiro atoms. The summed E-state index contributed by atoms with van der Waals surface area (Å²) in [5.41, 5.74) is 5.63. The largest absolute Gasteiger partial charge is 0.493 e. The second-order valence-corrected chi connectivity index (χ2v) is 6.23. The van der Waals surface area contributed by atoms with Gasteiger partial charge in [-0.25, -0.2) is 0 Å². The van der Waals surface area contributed by atoms with Crippen molar-refractivity contribution in [3.8, 4) is 0 Å². The van der Waals surface area contributed by atoms with Gasteiger partial charge in [0.15, 0.2) is 0 Å². The fourth-order valence-electron chi connectivity index (χ4n) is 2.73. The first-order chi connectivity index (χ1) is 11.6. The van der Waals surface area contributed by atoms with Crippen molar-refractivity contribution >= 4 is 6.21 Å². The van der Waals surface area contributed by atoms with Gasteiger partial charge in [0.1, 0.15) is 5.76 Å².